The average molecular weight is 475 g/mol. The predicted molar refractivity (Wildman–Crippen MR) is 127 cm³/mol. The maximum absolute atomic E-state index is 12.9. The third-order valence-electron chi connectivity index (χ3n) is 5.97. The number of aromatic nitrogens is 1. The number of likely N-dealkylation sites (tertiary alicyclic amines) is 1. The lowest BCUT2D eigenvalue weighted by atomic mass is 9.88. The van der Waals surface area contributed by atoms with Crippen LogP contribution in [0, 0.1) is 10.1 Å². The molecule has 32 heavy (non-hydrogen) atoms. The number of nitro groups is 1. The lowest BCUT2D eigenvalue weighted by molar-refractivity contribution is -0.384. The van der Waals surface area contributed by atoms with E-state index >= 15 is 0 Å². The van der Waals surface area contributed by atoms with Crippen molar-refractivity contribution in [1.29, 1.82) is 0 Å². The molecular weight excluding hydrogens is 451 g/mol. The highest BCUT2D eigenvalue weighted by atomic mass is 35.5. The Kier molecular flexibility index (Phi) is 6.98. The van der Waals surface area contributed by atoms with E-state index in [4.69, 9.17) is 23.2 Å². The van der Waals surface area contributed by atoms with Crippen molar-refractivity contribution in [2.45, 2.75) is 25.2 Å². The summed E-state index contributed by atoms with van der Waals surface area (Å²) in [7, 11) is 0. The summed E-state index contributed by atoms with van der Waals surface area (Å²) in [6, 6.07) is 9.97. The zero-order chi connectivity index (χ0) is 22.7. The largest absolute Gasteiger partial charge is 0.361 e. The number of fused-ring (bicyclic) bond motifs is 1. The van der Waals surface area contributed by atoms with E-state index in [9.17, 15) is 14.9 Å². The SMILES string of the molecule is O=C(C[C@H](c1ccc(Cl)c(Cl)c1)c1c[nH]c2ccc([N+](=O)[O-])cc12)NCCN1CCCC1. The Labute approximate surface area is 195 Å². The van der Waals surface area contributed by atoms with E-state index in [-0.39, 0.29) is 23.9 Å². The zero-order valence-electron chi connectivity index (χ0n) is 17.4. The highest BCUT2D eigenvalue weighted by Crippen LogP contribution is 2.37. The molecule has 4 rings (SSSR count). The van der Waals surface area contributed by atoms with Gasteiger partial charge in [-0.2, -0.15) is 0 Å². The molecule has 0 aliphatic carbocycles. The molecule has 0 saturated carbocycles. The first kappa shape index (κ1) is 22.6. The fraction of sp³-hybridized carbons (Fsp3) is 0.348. The Balaban J connectivity index is 1.61. The van der Waals surface area contributed by atoms with Crippen molar-refractivity contribution >= 4 is 45.7 Å². The zero-order valence-corrected chi connectivity index (χ0v) is 19.0. The molecular formula is C23H24Cl2N4O3. The summed E-state index contributed by atoms with van der Waals surface area (Å²) in [6.07, 6.45) is 4.41. The van der Waals surface area contributed by atoms with Crippen LogP contribution < -0.4 is 5.32 Å². The Morgan fingerprint density at radius 3 is 2.66 bits per heavy atom. The number of non-ortho nitro benzene ring substituents is 1. The lowest BCUT2D eigenvalue weighted by Gasteiger charge is -2.19. The molecule has 0 radical (unpaired) electrons. The molecule has 1 aliphatic rings. The topological polar surface area (TPSA) is 91.3 Å². The van der Waals surface area contributed by atoms with Gasteiger partial charge in [-0.05, 0) is 55.3 Å². The van der Waals surface area contributed by atoms with Crippen LogP contribution in [0.25, 0.3) is 10.9 Å². The highest BCUT2D eigenvalue weighted by Gasteiger charge is 2.23. The summed E-state index contributed by atoms with van der Waals surface area (Å²) < 4.78 is 0. The monoisotopic (exact) mass is 474 g/mol. The Hall–Kier alpha value is -2.61. The van der Waals surface area contributed by atoms with E-state index < -0.39 is 4.92 Å². The van der Waals surface area contributed by atoms with Crippen LogP contribution in [-0.2, 0) is 4.79 Å². The van der Waals surface area contributed by atoms with Gasteiger partial charge in [0.1, 0.15) is 0 Å². The lowest BCUT2D eigenvalue weighted by Crippen LogP contribution is -2.34. The van der Waals surface area contributed by atoms with Crippen LogP contribution in [0.5, 0.6) is 0 Å². The maximum Gasteiger partial charge on any atom is 0.270 e. The molecule has 2 aromatic carbocycles. The second-order valence-corrected chi connectivity index (χ2v) is 8.87. The molecule has 1 fully saturated rings. The van der Waals surface area contributed by atoms with Crippen molar-refractivity contribution in [3.8, 4) is 0 Å². The smallest absolute Gasteiger partial charge is 0.270 e. The van der Waals surface area contributed by atoms with E-state index in [2.05, 4.69) is 15.2 Å². The Morgan fingerprint density at radius 1 is 1.16 bits per heavy atom. The number of carbonyl (C=O) groups is 1. The Morgan fingerprint density at radius 2 is 1.94 bits per heavy atom. The number of nitrogens with zero attached hydrogens (tertiary/aromatic N) is 2. The van der Waals surface area contributed by atoms with E-state index in [0.29, 0.717) is 22.0 Å². The number of H-pyrrole nitrogens is 1. The molecule has 3 aromatic rings. The van der Waals surface area contributed by atoms with Crippen molar-refractivity contribution in [2.75, 3.05) is 26.2 Å². The van der Waals surface area contributed by atoms with E-state index in [1.807, 2.05) is 6.07 Å². The third kappa shape index (κ3) is 5.06. The average Bonchev–Trinajstić information content (AvgIpc) is 3.43. The van der Waals surface area contributed by atoms with Crippen molar-refractivity contribution < 1.29 is 9.72 Å². The van der Waals surface area contributed by atoms with Gasteiger partial charge in [0.25, 0.3) is 5.69 Å². The molecule has 9 heteroatoms. The van der Waals surface area contributed by atoms with Gasteiger partial charge in [-0.1, -0.05) is 29.3 Å². The molecule has 7 nitrogen and oxygen atoms in total. The number of amides is 1. The van der Waals surface area contributed by atoms with E-state index in [1.54, 1.807) is 24.4 Å². The third-order valence-corrected chi connectivity index (χ3v) is 6.71. The standard InChI is InChI=1S/C23H24Cl2N4O3/c24-20-5-3-15(11-21(20)25)17(13-23(30)26-7-10-28-8-1-2-9-28)19-14-27-22-6-4-16(29(31)32)12-18(19)22/h3-6,11-12,14,17,27H,1-2,7-10,13H2,(H,26,30)/t17-/m1/s1. The number of rotatable bonds is 8. The maximum atomic E-state index is 12.9. The number of halogens is 2. The van der Waals surface area contributed by atoms with Gasteiger partial charge in [-0.3, -0.25) is 14.9 Å². The second-order valence-electron chi connectivity index (χ2n) is 8.06. The molecule has 0 unspecified atom stereocenters. The summed E-state index contributed by atoms with van der Waals surface area (Å²) in [5.41, 5.74) is 2.39. The van der Waals surface area contributed by atoms with Crippen LogP contribution in [0.1, 0.15) is 36.3 Å². The number of hydrogen-bond acceptors (Lipinski definition) is 4. The minimum absolute atomic E-state index is 0.00121. The van der Waals surface area contributed by atoms with Crippen LogP contribution in [0.3, 0.4) is 0 Å². The number of carbonyl (C=O) groups excluding carboxylic acids is 1. The summed E-state index contributed by atoms with van der Waals surface area (Å²) in [5.74, 6) is -0.424. The van der Waals surface area contributed by atoms with E-state index in [0.717, 1.165) is 36.3 Å². The van der Waals surface area contributed by atoms with E-state index in [1.165, 1.54) is 25.0 Å². The second kappa shape index (κ2) is 9.90. The van der Waals surface area contributed by atoms with Crippen molar-refractivity contribution in [3.63, 3.8) is 0 Å². The van der Waals surface area contributed by atoms with Crippen LogP contribution in [0.15, 0.2) is 42.6 Å². The number of nitro benzene ring substituents is 1. The summed E-state index contributed by atoms with van der Waals surface area (Å²) >= 11 is 12.4. The first-order valence-corrected chi connectivity index (χ1v) is 11.4. The van der Waals surface area contributed by atoms with Gasteiger partial charge in [0.2, 0.25) is 5.91 Å². The minimum Gasteiger partial charge on any atom is -0.361 e. The first-order valence-electron chi connectivity index (χ1n) is 10.6. The molecule has 0 bridgehead atoms. The van der Waals surface area contributed by atoms with Crippen LogP contribution >= 0.6 is 23.2 Å². The van der Waals surface area contributed by atoms with Gasteiger partial charge in [0, 0.05) is 54.7 Å². The molecule has 1 aliphatic heterocycles. The molecule has 1 aromatic heterocycles. The molecule has 0 spiro atoms. The molecule has 1 amide bonds. The Bertz CT molecular complexity index is 1140. The first-order chi connectivity index (χ1) is 15.4. The van der Waals surface area contributed by atoms with Gasteiger partial charge < -0.3 is 15.2 Å². The number of aromatic amines is 1. The number of benzene rings is 2. The molecule has 1 saturated heterocycles. The molecule has 2 N–H and O–H groups in total. The van der Waals surface area contributed by atoms with Crippen molar-refractivity contribution in [1.82, 2.24) is 15.2 Å². The quantitative estimate of drug-likeness (QED) is 0.350. The summed E-state index contributed by atoms with van der Waals surface area (Å²) in [4.78, 5) is 29.2. The highest BCUT2D eigenvalue weighted by molar-refractivity contribution is 6.42. The minimum atomic E-state index is -0.421. The van der Waals surface area contributed by atoms with Crippen LogP contribution in [0.4, 0.5) is 5.69 Å². The molecule has 168 valence electrons. The number of hydrogen-bond donors (Lipinski definition) is 2. The fourth-order valence-corrected chi connectivity index (χ4v) is 4.59. The number of nitrogens with one attached hydrogen (secondary N) is 2. The normalized spacial score (nSPS) is 15.2. The van der Waals surface area contributed by atoms with Crippen LogP contribution in [-0.4, -0.2) is 46.9 Å². The van der Waals surface area contributed by atoms with Crippen LogP contribution in [0.2, 0.25) is 10.0 Å². The molecule has 1 atom stereocenters. The van der Waals surface area contributed by atoms with Gasteiger partial charge in [-0.25, -0.2) is 0 Å². The van der Waals surface area contributed by atoms with Crippen molar-refractivity contribution in [3.05, 3.63) is 73.9 Å². The predicted octanol–water partition coefficient (Wildman–Crippen LogP) is 5.12. The summed E-state index contributed by atoms with van der Waals surface area (Å²) in [5, 5.41) is 15.9. The van der Waals surface area contributed by atoms with Gasteiger partial charge >= 0.3 is 0 Å². The van der Waals surface area contributed by atoms with Crippen molar-refractivity contribution in [2.24, 2.45) is 0 Å². The fourth-order valence-electron chi connectivity index (χ4n) is 4.29. The summed E-state index contributed by atoms with van der Waals surface area (Å²) in [6.45, 7) is 3.58. The van der Waals surface area contributed by atoms with Gasteiger partial charge in [0.15, 0.2) is 0 Å². The molecule has 2 heterocycles. The van der Waals surface area contributed by atoms with Gasteiger partial charge in [-0.15, -0.1) is 0 Å². The van der Waals surface area contributed by atoms with Gasteiger partial charge in [0.05, 0.1) is 15.0 Å².